The van der Waals surface area contributed by atoms with E-state index in [0.717, 1.165) is 11.1 Å². The van der Waals surface area contributed by atoms with Gasteiger partial charge in [-0.05, 0) is 41.5 Å². The fourth-order valence-electron chi connectivity index (χ4n) is 1.72. The second-order valence-electron chi connectivity index (χ2n) is 3.96. The van der Waals surface area contributed by atoms with Crippen molar-refractivity contribution in [1.82, 2.24) is 0 Å². The van der Waals surface area contributed by atoms with Gasteiger partial charge in [-0.15, -0.1) is 0 Å². The zero-order chi connectivity index (χ0) is 13.1. The van der Waals surface area contributed by atoms with Gasteiger partial charge in [0.25, 0.3) is 0 Å². The van der Waals surface area contributed by atoms with E-state index in [4.69, 9.17) is 11.6 Å². The van der Waals surface area contributed by atoms with Gasteiger partial charge in [-0.1, -0.05) is 23.7 Å². The molecule has 0 bridgehead atoms. The van der Waals surface area contributed by atoms with E-state index in [1.165, 1.54) is 13.0 Å². The normalized spacial score (nSPS) is 10.1. The van der Waals surface area contributed by atoms with Crippen molar-refractivity contribution < 1.29 is 9.90 Å². The van der Waals surface area contributed by atoms with Gasteiger partial charge >= 0.3 is 0 Å². The average molecular weight is 262 g/mol. The fourth-order valence-corrected chi connectivity index (χ4v) is 1.95. The summed E-state index contributed by atoms with van der Waals surface area (Å²) >= 11 is 5.89. The van der Waals surface area contributed by atoms with Crippen LogP contribution in [-0.2, 0) is 4.79 Å². The van der Waals surface area contributed by atoms with E-state index < -0.39 is 0 Å². The molecule has 92 valence electrons. The number of carbonyl (C=O) groups is 1. The van der Waals surface area contributed by atoms with Crippen molar-refractivity contribution in [1.29, 1.82) is 0 Å². The van der Waals surface area contributed by atoms with Crippen LogP contribution in [0.4, 0.5) is 5.69 Å². The molecule has 2 aromatic carbocycles. The van der Waals surface area contributed by atoms with Crippen LogP contribution >= 0.6 is 11.6 Å². The molecule has 0 aromatic heterocycles. The maximum absolute atomic E-state index is 11.0. The molecule has 0 atom stereocenters. The minimum absolute atomic E-state index is 0.113. The standard InChI is InChI=1S/C14H12ClNO2/c1-9(17)16-13-4-2-3-10(6-13)11-5-12(15)8-14(18)7-11/h2-8,18H,1H3,(H,16,17). The smallest absolute Gasteiger partial charge is 0.221 e. The second-order valence-corrected chi connectivity index (χ2v) is 4.40. The Morgan fingerprint density at radius 1 is 1.17 bits per heavy atom. The molecule has 0 heterocycles. The van der Waals surface area contributed by atoms with Gasteiger partial charge in [0, 0.05) is 17.6 Å². The van der Waals surface area contributed by atoms with Crippen molar-refractivity contribution in [3.05, 3.63) is 47.5 Å². The summed E-state index contributed by atoms with van der Waals surface area (Å²) in [6, 6.07) is 12.2. The molecule has 0 saturated heterocycles. The fraction of sp³-hybridized carbons (Fsp3) is 0.0714. The van der Waals surface area contributed by atoms with Crippen molar-refractivity contribution in [3.8, 4) is 16.9 Å². The van der Waals surface area contributed by atoms with Crippen LogP contribution in [0.1, 0.15) is 6.92 Å². The number of amides is 1. The van der Waals surface area contributed by atoms with Gasteiger partial charge < -0.3 is 10.4 Å². The molecule has 0 saturated carbocycles. The van der Waals surface area contributed by atoms with Crippen LogP contribution in [0.25, 0.3) is 11.1 Å². The first kappa shape index (κ1) is 12.5. The van der Waals surface area contributed by atoms with E-state index in [9.17, 15) is 9.90 Å². The lowest BCUT2D eigenvalue weighted by Gasteiger charge is -2.07. The van der Waals surface area contributed by atoms with Crippen LogP contribution in [0, 0.1) is 0 Å². The summed E-state index contributed by atoms with van der Waals surface area (Å²) in [6.45, 7) is 1.46. The molecule has 3 nitrogen and oxygen atoms in total. The first-order chi connectivity index (χ1) is 8.54. The van der Waals surface area contributed by atoms with Crippen molar-refractivity contribution in [3.63, 3.8) is 0 Å². The molecule has 0 aliphatic heterocycles. The Labute approximate surface area is 110 Å². The summed E-state index contributed by atoms with van der Waals surface area (Å²) in [5.41, 5.74) is 2.38. The summed E-state index contributed by atoms with van der Waals surface area (Å²) in [4.78, 5) is 11.0. The lowest BCUT2D eigenvalue weighted by molar-refractivity contribution is -0.114. The second kappa shape index (κ2) is 5.10. The molecule has 0 aliphatic carbocycles. The van der Waals surface area contributed by atoms with Crippen LogP contribution in [0.5, 0.6) is 5.75 Å². The van der Waals surface area contributed by atoms with Gasteiger partial charge in [0.2, 0.25) is 5.91 Å². The predicted molar refractivity (Wildman–Crippen MR) is 72.9 cm³/mol. The Morgan fingerprint density at radius 3 is 2.61 bits per heavy atom. The molecule has 0 aliphatic rings. The van der Waals surface area contributed by atoms with Crippen LogP contribution in [-0.4, -0.2) is 11.0 Å². The third-order valence-corrected chi connectivity index (χ3v) is 2.62. The lowest BCUT2D eigenvalue weighted by atomic mass is 10.0. The molecule has 0 spiro atoms. The average Bonchev–Trinajstić information content (AvgIpc) is 2.27. The molecule has 0 radical (unpaired) electrons. The molecule has 18 heavy (non-hydrogen) atoms. The number of phenolic OH excluding ortho intramolecular Hbond substituents is 1. The van der Waals surface area contributed by atoms with E-state index in [1.54, 1.807) is 18.2 Å². The monoisotopic (exact) mass is 261 g/mol. The van der Waals surface area contributed by atoms with E-state index in [1.807, 2.05) is 18.2 Å². The first-order valence-corrected chi connectivity index (χ1v) is 5.80. The van der Waals surface area contributed by atoms with Crippen LogP contribution < -0.4 is 5.32 Å². The third-order valence-electron chi connectivity index (χ3n) is 2.40. The zero-order valence-corrected chi connectivity index (χ0v) is 10.5. The van der Waals surface area contributed by atoms with Gasteiger partial charge in [-0.2, -0.15) is 0 Å². The summed E-state index contributed by atoms with van der Waals surface area (Å²) in [7, 11) is 0. The number of carbonyl (C=O) groups excluding carboxylic acids is 1. The van der Waals surface area contributed by atoms with Crippen molar-refractivity contribution in [2.75, 3.05) is 5.32 Å². The minimum Gasteiger partial charge on any atom is -0.508 e. The SMILES string of the molecule is CC(=O)Nc1cccc(-c2cc(O)cc(Cl)c2)c1. The number of rotatable bonds is 2. The highest BCUT2D eigenvalue weighted by molar-refractivity contribution is 6.31. The molecule has 2 aromatic rings. The van der Waals surface area contributed by atoms with E-state index in [0.29, 0.717) is 10.7 Å². The maximum Gasteiger partial charge on any atom is 0.221 e. The Bertz CT molecular complexity index is 576. The van der Waals surface area contributed by atoms with Crippen molar-refractivity contribution in [2.24, 2.45) is 0 Å². The highest BCUT2D eigenvalue weighted by atomic mass is 35.5. The third kappa shape index (κ3) is 3.02. The van der Waals surface area contributed by atoms with Crippen molar-refractivity contribution >= 4 is 23.2 Å². The molecule has 1 amide bonds. The number of benzene rings is 2. The summed E-state index contributed by atoms with van der Waals surface area (Å²) < 4.78 is 0. The molecular formula is C14H12ClNO2. The quantitative estimate of drug-likeness (QED) is 0.867. The lowest BCUT2D eigenvalue weighted by Crippen LogP contribution is -2.05. The van der Waals surface area contributed by atoms with Gasteiger partial charge in [-0.25, -0.2) is 0 Å². The summed E-state index contributed by atoms with van der Waals surface area (Å²) in [5.74, 6) is -0.0106. The molecule has 0 unspecified atom stereocenters. The predicted octanol–water partition coefficient (Wildman–Crippen LogP) is 3.67. The van der Waals surface area contributed by atoms with Gasteiger partial charge in [0.15, 0.2) is 0 Å². The van der Waals surface area contributed by atoms with Crippen LogP contribution in [0.2, 0.25) is 5.02 Å². The van der Waals surface area contributed by atoms with Gasteiger partial charge in [0.05, 0.1) is 0 Å². The number of halogens is 1. The Hall–Kier alpha value is -2.00. The number of phenols is 1. The zero-order valence-electron chi connectivity index (χ0n) is 9.77. The topological polar surface area (TPSA) is 49.3 Å². The van der Waals surface area contributed by atoms with Crippen LogP contribution in [0.15, 0.2) is 42.5 Å². The summed E-state index contributed by atoms with van der Waals surface area (Å²) in [6.07, 6.45) is 0. The number of aromatic hydroxyl groups is 1. The van der Waals surface area contributed by atoms with E-state index >= 15 is 0 Å². The molecule has 4 heteroatoms. The number of hydrogen-bond donors (Lipinski definition) is 2. The van der Waals surface area contributed by atoms with Gasteiger partial charge in [-0.3, -0.25) is 4.79 Å². The Balaban J connectivity index is 2.41. The van der Waals surface area contributed by atoms with Gasteiger partial charge in [0.1, 0.15) is 5.75 Å². The number of nitrogens with one attached hydrogen (secondary N) is 1. The molecular weight excluding hydrogens is 250 g/mol. The highest BCUT2D eigenvalue weighted by Crippen LogP contribution is 2.29. The first-order valence-electron chi connectivity index (χ1n) is 5.42. The molecule has 2 rings (SSSR count). The molecule has 0 fully saturated rings. The Morgan fingerprint density at radius 2 is 1.94 bits per heavy atom. The number of hydrogen-bond acceptors (Lipinski definition) is 2. The van der Waals surface area contributed by atoms with E-state index in [-0.39, 0.29) is 11.7 Å². The van der Waals surface area contributed by atoms with Crippen LogP contribution in [0.3, 0.4) is 0 Å². The van der Waals surface area contributed by atoms with E-state index in [2.05, 4.69) is 5.32 Å². The maximum atomic E-state index is 11.0. The largest absolute Gasteiger partial charge is 0.508 e. The minimum atomic E-state index is -0.124. The van der Waals surface area contributed by atoms with Crippen molar-refractivity contribution in [2.45, 2.75) is 6.92 Å². The Kier molecular flexibility index (Phi) is 3.53. The molecule has 2 N–H and O–H groups in total. The highest BCUT2D eigenvalue weighted by Gasteiger charge is 2.03. The number of anilines is 1. The summed E-state index contributed by atoms with van der Waals surface area (Å²) in [5, 5.41) is 12.7.